The number of anilines is 1. The zero-order valence-corrected chi connectivity index (χ0v) is 15.2. The van der Waals surface area contributed by atoms with Crippen molar-refractivity contribution in [2.45, 2.75) is 51.6 Å². The van der Waals surface area contributed by atoms with E-state index in [4.69, 9.17) is 19.9 Å². The molecule has 1 aliphatic heterocycles. The Morgan fingerprint density at radius 3 is 2.55 bits per heavy atom. The molecule has 14 heteroatoms. The Kier molecular flexibility index (Phi) is 5.21. The lowest BCUT2D eigenvalue weighted by Crippen LogP contribution is -2.35. The summed E-state index contributed by atoms with van der Waals surface area (Å²) in [6.45, 7) is 0.611. The smallest absolute Gasteiger partial charge is 0.406 e. The molecule has 3 heterocycles. The molecule has 11 nitrogen and oxygen atoms in total. The van der Waals surface area contributed by atoms with Crippen molar-refractivity contribution in [3.05, 3.63) is 16.7 Å². The number of esters is 2. The van der Waals surface area contributed by atoms with Gasteiger partial charge in [0.2, 0.25) is 12.2 Å². The van der Waals surface area contributed by atoms with E-state index < -0.39 is 49.0 Å². The van der Waals surface area contributed by atoms with Crippen LogP contribution < -0.4 is 11.4 Å². The molecular formula is C15H16F3N5O6. The molecule has 1 aliphatic rings. The van der Waals surface area contributed by atoms with Crippen LogP contribution in [-0.4, -0.2) is 49.6 Å². The topological polar surface area (TPSA) is 141 Å². The number of carbonyl (C=O) groups is 2. The SMILES string of the molecule is CC(=O)O[C@H]1C[C@@H](OC(C)=O)[C@H](n2c(=O)n(CC(F)(F)F)c3cnc(N)nc32)O1. The highest BCUT2D eigenvalue weighted by Gasteiger charge is 2.43. The van der Waals surface area contributed by atoms with Crippen LogP contribution in [0.4, 0.5) is 19.1 Å². The van der Waals surface area contributed by atoms with Gasteiger partial charge in [0.15, 0.2) is 18.0 Å². The number of rotatable bonds is 4. The summed E-state index contributed by atoms with van der Waals surface area (Å²) in [5, 5.41) is 0. The molecule has 2 aromatic heterocycles. The van der Waals surface area contributed by atoms with Gasteiger partial charge in [-0.05, 0) is 0 Å². The molecule has 0 spiro atoms. The standard InChI is InChI=1S/C15H16F3N5O6/c1-6(24)27-9-3-10(28-7(2)25)29-12(9)23-11-8(4-20-13(19)21-11)22(14(23)26)5-15(16,17)18/h4,9-10,12H,3,5H2,1-2H3,(H2,19,20,21)/t9-,10-,12-/m1/s1. The summed E-state index contributed by atoms with van der Waals surface area (Å²) in [6.07, 6.45) is -7.59. The summed E-state index contributed by atoms with van der Waals surface area (Å²) in [5.41, 5.74) is 3.89. The second-order valence-corrected chi connectivity index (χ2v) is 6.24. The number of alkyl halides is 3. The Morgan fingerprint density at radius 1 is 1.31 bits per heavy atom. The lowest BCUT2D eigenvalue weighted by atomic mass is 10.2. The fraction of sp³-hybridized carbons (Fsp3) is 0.533. The summed E-state index contributed by atoms with van der Waals surface area (Å²) in [4.78, 5) is 42.9. The number of imidazole rings is 1. The van der Waals surface area contributed by atoms with Crippen molar-refractivity contribution in [1.82, 2.24) is 19.1 Å². The average molecular weight is 419 g/mol. The fourth-order valence-corrected chi connectivity index (χ4v) is 3.04. The summed E-state index contributed by atoms with van der Waals surface area (Å²) in [6, 6.07) is 0. The highest BCUT2D eigenvalue weighted by atomic mass is 19.4. The third-order valence-corrected chi connectivity index (χ3v) is 3.97. The quantitative estimate of drug-likeness (QED) is 0.701. The van der Waals surface area contributed by atoms with E-state index in [9.17, 15) is 27.6 Å². The number of hydrogen-bond donors (Lipinski definition) is 1. The first-order valence-corrected chi connectivity index (χ1v) is 8.26. The van der Waals surface area contributed by atoms with Crippen LogP contribution in [0.2, 0.25) is 0 Å². The molecule has 3 atom stereocenters. The first-order valence-electron chi connectivity index (χ1n) is 8.26. The van der Waals surface area contributed by atoms with Crippen LogP contribution in [0, 0.1) is 0 Å². The van der Waals surface area contributed by atoms with Crippen LogP contribution in [-0.2, 0) is 30.3 Å². The molecule has 29 heavy (non-hydrogen) atoms. The summed E-state index contributed by atoms with van der Waals surface area (Å²) in [7, 11) is 0. The molecule has 1 saturated heterocycles. The van der Waals surface area contributed by atoms with Gasteiger partial charge in [-0.2, -0.15) is 18.2 Å². The van der Waals surface area contributed by atoms with Crippen LogP contribution in [0.3, 0.4) is 0 Å². The number of aromatic nitrogens is 4. The summed E-state index contributed by atoms with van der Waals surface area (Å²) >= 11 is 0. The van der Waals surface area contributed by atoms with Gasteiger partial charge >= 0.3 is 23.8 Å². The Balaban J connectivity index is 2.14. The maximum absolute atomic E-state index is 13.0. The van der Waals surface area contributed by atoms with Crippen molar-refractivity contribution in [3.63, 3.8) is 0 Å². The first kappa shape index (κ1) is 20.6. The molecule has 1 fully saturated rings. The van der Waals surface area contributed by atoms with Crippen molar-refractivity contribution in [2.24, 2.45) is 0 Å². The number of halogens is 3. The minimum Gasteiger partial charge on any atom is -0.457 e. The molecule has 0 bridgehead atoms. The molecule has 0 unspecified atom stereocenters. The van der Waals surface area contributed by atoms with Crippen LogP contribution >= 0.6 is 0 Å². The predicted octanol–water partition coefficient (Wildman–Crippen LogP) is 0.477. The van der Waals surface area contributed by atoms with Gasteiger partial charge in [-0.1, -0.05) is 0 Å². The Morgan fingerprint density at radius 2 is 1.97 bits per heavy atom. The van der Waals surface area contributed by atoms with Gasteiger partial charge in [-0.15, -0.1) is 0 Å². The van der Waals surface area contributed by atoms with E-state index in [1.54, 1.807) is 0 Å². The number of fused-ring (bicyclic) bond motifs is 1. The van der Waals surface area contributed by atoms with Crippen molar-refractivity contribution < 1.29 is 37.0 Å². The first-order chi connectivity index (χ1) is 13.5. The molecule has 0 radical (unpaired) electrons. The van der Waals surface area contributed by atoms with Gasteiger partial charge in [-0.3, -0.25) is 14.2 Å². The van der Waals surface area contributed by atoms with Gasteiger partial charge in [0, 0.05) is 13.8 Å². The van der Waals surface area contributed by atoms with E-state index in [1.807, 2.05) is 0 Å². The molecule has 158 valence electrons. The van der Waals surface area contributed by atoms with E-state index in [1.165, 1.54) is 0 Å². The third kappa shape index (κ3) is 4.31. The van der Waals surface area contributed by atoms with Gasteiger partial charge in [0.25, 0.3) is 0 Å². The lowest BCUT2D eigenvalue weighted by Gasteiger charge is -2.19. The minimum atomic E-state index is -4.71. The number of hydrogen-bond acceptors (Lipinski definition) is 9. The van der Waals surface area contributed by atoms with Gasteiger partial charge in [-0.25, -0.2) is 14.3 Å². The molecule has 0 saturated carbocycles. The summed E-state index contributed by atoms with van der Waals surface area (Å²) < 4.78 is 55.6. The van der Waals surface area contributed by atoms with Gasteiger partial charge in [0.1, 0.15) is 12.1 Å². The Hall–Kier alpha value is -3.16. The summed E-state index contributed by atoms with van der Waals surface area (Å²) in [5.74, 6) is -1.72. The fourth-order valence-electron chi connectivity index (χ4n) is 3.04. The van der Waals surface area contributed by atoms with E-state index in [-0.39, 0.29) is 23.5 Å². The van der Waals surface area contributed by atoms with Crippen LogP contribution in [0.25, 0.3) is 11.2 Å². The predicted molar refractivity (Wildman–Crippen MR) is 88.1 cm³/mol. The molecule has 2 aromatic rings. The molecule has 3 rings (SSSR count). The van der Waals surface area contributed by atoms with E-state index in [0.29, 0.717) is 4.57 Å². The lowest BCUT2D eigenvalue weighted by molar-refractivity contribution is -0.181. The molecule has 0 aliphatic carbocycles. The minimum absolute atomic E-state index is 0.136. The van der Waals surface area contributed by atoms with E-state index >= 15 is 0 Å². The normalized spacial score (nSPS) is 22.0. The van der Waals surface area contributed by atoms with E-state index in [0.717, 1.165) is 24.6 Å². The monoisotopic (exact) mass is 419 g/mol. The van der Waals surface area contributed by atoms with Crippen molar-refractivity contribution in [1.29, 1.82) is 0 Å². The Labute approximate surface area is 160 Å². The zero-order chi connectivity index (χ0) is 21.5. The van der Waals surface area contributed by atoms with Crippen LogP contribution in [0.5, 0.6) is 0 Å². The zero-order valence-electron chi connectivity index (χ0n) is 15.2. The molecule has 2 N–H and O–H groups in total. The highest BCUT2D eigenvalue weighted by Crippen LogP contribution is 2.33. The number of nitrogen functional groups attached to an aromatic ring is 1. The second kappa shape index (κ2) is 7.35. The molecule has 0 aromatic carbocycles. The number of carbonyl (C=O) groups excluding carboxylic acids is 2. The van der Waals surface area contributed by atoms with Crippen LogP contribution in [0.1, 0.15) is 26.5 Å². The largest absolute Gasteiger partial charge is 0.457 e. The number of ether oxygens (including phenoxy) is 3. The number of nitrogens with two attached hydrogens (primary N) is 1. The van der Waals surface area contributed by atoms with Crippen molar-refractivity contribution in [2.75, 3.05) is 5.73 Å². The highest BCUT2D eigenvalue weighted by molar-refractivity contribution is 5.72. The maximum atomic E-state index is 13.0. The third-order valence-electron chi connectivity index (χ3n) is 3.97. The average Bonchev–Trinajstić information content (AvgIpc) is 3.03. The molecular weight excluding hydrogens is 403 g/mol. The maximum Gasteiger partial charge on any atom is 0.406 e. The van der Waals surface area contributed by atoms with E-state index in [2.05, 4.69) is 9.97 Å². The van der Waals surface area contributed by atoms with Gasteiger partial charge < -0.3 is 19.9 Å². The van der Waals surface area contributed by atoms with Crippen molar-refractivity contribution >= 4 is 29.1 Å². The second-order valence-electron chi connectivity index (χ2n) is 6.24. The van der Waals surface area contributed by atoms with Gasteiger partial charge in [0.05, 0.1) is 12.6 Å². The van der Waals surface area contributed by atoms with Crippen molar-refractivity contribution in [3.8, 4) is 0 Å². The number of nitrogens with zero attached hydrogens (tertiary/aromatic N) is 4. The Bertz CT molecular complexity index is 1020. The molecule has 0 amide bonds. The van der Waals surface area contributed by atoms with Crippen LogP contribution in [0.15, 0.2) is 11.0 Å².